The van der Waals surface area contributed by atoms with Crippen molar-refractivity contribution in [2.75, 3.05) is 7.11 Å². The van der Waals surface area contributed by atoms with Crippen molar-refractivity contribution in [2.24, 2.45) is 0 Å². The number of benzene rings is 2. The van der Waals surface area contributed by atoms with Crippen LogP contribution in [0.1, 0.15) is 0 Å². The van der Waals surface area contributed by atoms with Gasteiger partial charge in [-0.05, 0) is 29.8 Å². The molecule has 11 heteroatoms. The Morgan fingerprint density at radius 2 is 1.93 bits per heavy atom. The van der Waals surface area contributed by atoms with E-state index in [9.17, 15) is 23.3 Å². The first-order valence-electron chi connectivity index (χ1n) is 7.25. The van der Waals surface area contributed by atoms with Crippen LogP contribution in [0.5, 0.6) is 11.5 Å². The van der Waals surface area contributed by atoms with Crippen molar-refractivity contribution in [1.82, 2.24) is 0 Å². The van der Waals surface area contributed by atoms with E-state index in [4.69, 9.17) is 13.7 Å². The molecule has 0 unspecified atom stereocenters. The van der Waals surface area contributed by atoms with Crippen molar-refractivity contribution in [3.05, 3.63) is 63.0 Å². The molecule has 0 spiro atoms. The minimum Gasteiger partial charge on any atom is -0.490 e. The second-order valence-electron chi connectivity index (χ2n) is 5.29. The number of hydrogen-bond acceptors (Lipinski definition) is 8. The van der Waals surface area contributed by atoms with Crippen LogP contribution < -0.4 is 14.3 Å². The van der Waals surface area contributed by atoms with Crippen molar-refractivity contribution in [2.45, 2.75) is 0 Å². The first kappa shape index (κ1) is 18.4. The van der Waals surface area contributed by atoms with E-state index >= 15 is 0 Å². The first-order chi connectivity index (χ1) is 12.7. The predicted molar refractivity (Wildman–Crippen MR) is 93.3 cm³/mol. The number of methoxy groups -OCH3 is 1. The summed E-state index contributed by atoms with van der Waals surface area (Å²) in [6.07, 6.45) is 1.09. The lowest BCUT2D eigenvalue weighted by Gasteiger charge is -2.06. The van der Waals surface area contributed by atoms with Gasteiger partial charge in [-0.15, -0.1) is 0 Å². The van der Waals surface area contributed by atoms with Crippen molar-refractivity contribution in [3.8, 4) is 22.6 Å². The maximum Gasteiger partial charge on any atom is 0.446 e. The van der Waals surface area contributed by atoms with E-state index in [1.54, 1.807) is 0 Å². The first-order valence-corrected chi connectivity index (χ1v) is 8.61. The van der Waals surface area contributed by atoms with Crippen LogP contribution in [0.3, 0.4) is 0 Å². The molecule has 0 amide bonds. The summed E-state index contributed by atoms with van der Waals surface area (Å²) in [5, 5.41) is 11.2. The number of ether oxygens (including phenoxy) is 1. The van der Waals surface area contributed by atoms with Crippen molar-refractivity contribution >= 4 is 27.1 Å². The van der Waals surface area contributed by atoms with Crippen LogP contribution in [0.15, 0.2) is 51.9 Å². The second kappa shape index (κ2) is 6.70. The average Bonchev–Trinajstić information content (AvgIpc) is 2.60. The molecule has 0 saturated carbocycles. The smallest absolute Gasteiger partial charge is 0.446 e. The number of rotatable bonds is 5. The lowest BCUT2D eigenvalue weighted by atomic mass is 10.0. The number of nitro benzene ring substituents is 1. The van der Waals surface area contributed by atoms with Gasteiger partial charge in [0.25, 0.3) is 0 Å². The Bertz CT molecular complexity index is 1210. The monoisotopic (exact) mass is 393 g/mol. The molecule has 0 fully saturated rings. The summed E-state index contributed by atoms with van der Waals surface area (Å²) in [5.41, 5.74) is -0.485. The molecule has 27 heavy (non-hydrogen) atoms. The van der Waals surface area contributed by atoms with Crippen LogP contribution in [-0.2, 0) is 10.4 Å². The zero-order valence-electron chi connectivity index (χ0n) is 13.6. The molecule has 2 aromatic carbocycles. The Balaban J connectivity index is 2.13. The van der Waals surface area contributed by atoms with Gasteiger partial charge < -0.3 is 13.3 Å². The van der Waals surface area contributed by atoms with Crippen LogP contribution >= 0.6 is 0 Å². The van der Waals surface area contributed by atoms with Crippen molar-refractivity contribution in [3.63, 3.8) is 0 Å². The van der Waals surface area contributed by atoms with Gasteiger partial charge in [-0.2, -0.15) is 8.42 Å². The molecule has 0 radical (unpaired) electrons. The molecule has 0 aliphatic rings. The minimum absolute atomic E-state index is 0.00733. The van der Waals surface area contributed by atoms with Crippen LogP contribution in [0.4, 0.5) is 5.69 Å². The van der Waals surface area contributed by atoms with Gasteiger partial charge in [-0.3, -0.25) is 19.5 Å². The number of nitro groups is 1. The number of nitrogens with zero attached hydrogens (tertiary/aromatic N) is 1. The third-order valence-electron chi connectivity index (χ3n) is 3.63. The summed E-state index contributed by atoms with van der Waals surface area (Å²) in [6, 6.07) is 7.55. The standard InChI is InChI=1S/C16H11NO9S/c1-24-14-5-2-9(6-13(14)17(19)20)12-8-25-15-7-10(26-27(21,22)23)3-4-11(15)16(12)18/h2-8H,1H3,(H,21,22,23). The van der Waals surface area contributed by atoms with E-state index in [2.05, 4.69) is 4.18 Å². The maximum atomic E-state index is 12.7. The van der Waals surface area contributed by atoms with E-state index in [1.165, 1.54) is 31.4 Å². The second-order valence-corrected chi connectivity index (χ2v) is 6.31. The van der Waals surface area contributed by atoms with E-state index in [1.807, 2.05) is 0 Å². The lowest BCUT2D eigenvalue weighted by Crippen LogP contribution is -2.08. The molecule has 1 aromatic heterocycles. The number of hydrogen-bond donors (Lipinski definition) is 1. The zero-order chi connectivity index (χ0) is 19.8. The fourth-order valence-corrected chi connectivity index (χ4v) is 2.83. The molecule has 0 aliphatic carbocycles. The summed E-state index contributed by atoms with van der Waals surface area (Å²) < 4.78 is 44.8. The molecule has 1 heterocycles. The third kappa shape index (κ3) is 3.73. The molecular weight excluding hydrogens is 382 g/mol. The quantitative estimate of drug-likeness (QED) is 0.392. The molecule has 0 aliphatic heterocycles. The summed E-state index contributed by atoms with van der Waals surface area (Å²) in [7, 11) is -3.43. The van der Waals surface area contributed by atoms with Crippen LogP contribution in [0.2, 0.25) is 0 Å². The summed E-state index contributed by atoms with van der Waals surface area (Å²) in [6.45, 7) is 0. The highest BCUT2D eigenvalue weighted by atomic mass is 32.3. The Morgan fingerprint density at radius 1 is 1.19 bits per heavy atom. The Morgan fingerprint density at radius 3 is 2.56 bits per heavy atom. The van der Waals surface area contributed by atoms with E-state index < -0.39 is 20.8 Å². The topological polar surface area (TPSA) is 146 Å². The Hall–Kier alpha value is -3.44. The molecule has 0 saturated heterocycles. The number of fused-ring (bicyclic) bond motifs is 1. The normalized spacial score (nSPS) is 11.3. The van der Waals surface area contributed by atoms with Gasteiger partial charge >= 0.3 is 16.1 Å². The highest BCUT2D eigenvalue weighted by Gasteiger charge is 2.18. The summed E-state index contributed by atoms with van der Waals surface area (Å²) in [4.78, 5) is 23.2. The molecule has 140 valence electrons. The molecule has 3 aromatic rings. The lowest BCUT2D eigenvalue weighted by molar-refractivity contribution is -0.385. The zero-order valence-corrected chi connectivity index (χ0v) is 14.4. The third-order valence-corrected chi connectivity index (χ3v) is 4.04. The molecule has 1 N–H and O–H groups in total. The molecule has 3 rings (SSSR count). The van der Waals surface area contributed by atoms with Gasteiger partial charge in [-0.25, -0.2) is 0 Å². The molecule has 0 atom stereocenters. The van der Waals surface area contributed by atoms with E-state index in [-0.39, 0.29) is 39.3 Å². The van der Waals surface area contributed by atoms with Gasteiger partial charge in [0.05, 0.1) is 23.0 Å². The molecular formula is C16H11NO9S. The molecule has 0 bridgehead atoms. The van der Waals surface area contributed by atoms with Crippen LogP contribution in [0.25, 0.3) is 22.1 Å². The van der Waals surface area contributed by atoms with Crippen molar-refractivity contribution in [1.29, 1.82) is 0 Å². The highest BCUT2D eigenvalue weighted by Crippen LogP contribution is 2.32. The molecule has 10 nitrogen and oxygen atoms in total. The Kier molecular flexibility index (Phi) is 4.56. The SMILES string of the molecule is COc1ccc(-c2coc3cc(OS(=O)(=O)O)ccc3c2=O)cc1[N+](=O)[O-]. The van der Waals surface area contributed by atoms with Crippen molar-refractivity contribution < 1.29 is 31.2 Å². The van der Waals surface area contributed by atoms with Gasteiger partial charge in [0, 0.05) is 12.1 Å². The van der Waals surface area contributed by atoms with E-state index in [0.29, 0.717) is 0 Å². The van der Waals surface area contributed by atoms with E-state index in [0.717, 1.165) is 18.4 Å². The minimum atomic E-state index is -4.72. The maximum absolute atomic E-state index is 12.7. The predicted octanol–water partition coefficient (Wildman–Crippen LogP) is 2.56. The van der Waals surface area contributed by atoms with Gasteiger partial charge in [0.15, 0.2) is 11.2 Å². The highest BCUT2D eigenvalue weighted by molar-refractivity contribution is 7.81. The Labute approximate surface area is 151 Å². The van der Waals surface area contributed by atoms with Gasteiger partial charge in [-0.1, -0.05) is 0 Å². The van der Waals surface area contributed by atoms with Crippen LogP contribution in [-0.4, -0.2) is 25.0 Å². The largest absolute Gasteiger partial charge is 0.490 e. The fourth-order valence-electron chi connectivity index (χ4n) is 2.48. The average molecular weight is 393 g/mol. The fraction of sp³-hybridized carbons (Fsp3) is 0.0625. The van der Waals surface area contributed by atoms with Gasteiger partial charge in [0.2, 0.25) is 0 Å². The van der Waals surface area contributed by atoms with Gasteiger partial charge in [0.1, 0.15) is 17.6 Å². The summed E-state index contributed by atoms with van der Waals surface area (Å²) >= 11 is 0. The summed E-state index contributed by atoms with van der Waals surface area (Å²) in [5.74, 6) is -0.207. The van der Waals surface area contributed by atoms with Crippen LogP contribution in [0, 0.1) is 10.1 Å².